The average Bonchev–Trinajstić information content (AvgIpc) is 2.34. The quantitative estimate of drug-likeness (QED) is 0.746. The van der Waals surface area contributed by atoms with Gasteiger partial charge in [-0.3, -0.25) is 0 Å². The van der Waals surface area contributed by atoms with Crippen LogP contribution >= 0.6 is 27.5 Å². The third kappa shape index (κ3) is 3.64. The Bertz CT molecular complexity index is 405. The van der Waals surface area contributed by atoms with Gasteiger partial charge in [0.1, 0.15) is 0 Å². The van der Waals surface area contributed by atoms with Crippen LogP contribution in [-0.4, -0.2) is 6.04 Å². The minimum absolute atomic E-state index is 0.610. The zero-order chi connectivity index (χ0) is 13.1. The number of rotatable bonds is 3. The fourth-order valence-electron chi connectivity index (χ4n) is 2.79. The van der Waals surface area contributed by atoms with E-state index in [1.165, 1.54) is 31.4 Å². The summed E-state index contributed by atoms with van der Waals surface area (Å²) < 4.78 is 0.963. The molecular formula is C15H21BrClN. The molecule has 2 rings (SSSR count). The maximum atomic E-state index is 6.01. The Morgan fingerprint density at radius 1 is 1.33 bits per heavy atom. The van der Waals surface area contributed by atoms with Crippen molar-refractivity contribution >= 4 is 33.2 Å². The molecule has 1 N–H and O–H groups in total. The molecule has 100 valence electrons. The van der Waals surface area contributed by atoms with Crippen LogP contribution in [0.15, 0.2) is 22.7 Å². The second kappa shape index (κ2) is 6.29. The minimum Gasteiger partial charge on any atom is -0.382 e. The molecular weight excluding hydrogens is 310 g/mol. The molecule has 0 aromatic heterocycles. The third-order valence-corrected chi connectivity index (χ3v) is 5.16. The van der Waals surface area contributed by atoms with E-state index in [1.807, 2.05) is 6.07 Å². The molecule has 0 radical (unpaired) electrons. The van der Waals surface area contributed by atoms with Crippen molar-refractivity contribution in [3.8, 4) is 0 Å². The molecule has 1 fully saturated rings. The number of hydrogen-bond acceptors (Lipinski definition) is 1. The first-order valence-electron chi connectivity index (χ1n) is 6.78. The Morgan fingerprint density at radius 2 is 2.11 bits per heavy atom. The second-order valence-electron chi connectivity index (χ2n) is 5.64. The number of benzene rings is 1. The van der Waals surface area contributed by atoms with Crippen LogP contribution in [0.25, 0.3) is 0 Å². The Morgan fingerprint density at radius 3 is 2.78 bits per heavy atom. The molecule has 1 aliphatic rings. The molecule has 0 aliphatic heterocycles. The van der Waals surface area contributed by atoms with Gasteiger partial charge in [0.2, 0.25) is 0 Å². The summed E-state index contributed by atoms with van der Waals surface area (Å²) in [5.74, 6) is 1.67. The van der Waals surface area contributed by atoms with Gasteiger partial charge in [0, 0.05) is 16.2 Å². The van der Waals surface area contributed by atoms with Crippen molar-refractivity contribution in [2.75, 3.05) is 5.32 Å². The molecule has 0 bridgehead atoms. The summed E-state index contributed by atoms with van der Waals surface area (Å²) in [4.78, 5) is 0. The van der Waals surface area contributed by atoms with Gasteiger partial charge in [-0.1, -0.05) is 38.3 Å². The van der Waals surface area contributed by atoms with E-state index < -0.39 is 0 Å². The Hall–Kier alpha value is -0.210. The van der Waals surface area contributed by atoms with Gasteiger partial charge in [-0.15, -0.1) is 0 Å². The van der Waals surface area contributed by atoms with Crippen LogP contribution in [0.1, 0.15) is 39.5 Å². The molecule has 2 unspecified atom stereocenters. The van der Waals surface area contributed by atoms with E-state index in [4.69, 9.17) is 11.6 Å². The average molecular weight is 331 g/mol. The van der Waals surface area contributed by atoms with E-state index in [1.54, 1.807) is 0 Å². The SMILES string of the molecule is CC(C)C1CCCC(Nc2ccc(Cl)c(Br)c2)C1. The highest BCUT2D eigenvalue weighted by Crippen LogP contribution is 2.32. The zero-order valence-electron chi connectivity index (χ0n) is 11.0. The van der Waals surface area contributed by atoms with Gasteiger partial charge in [0.05, 0.1) is 5.02 Å². The molecule has 0 spiro atoms. The first-order valence-corrected chi connectivity index (χ1v) is 7.95. The van der Waals surface area contributed by atoms with Gasteiger partial charge >= 0.3 is 0 Å². The van der Waals surface area contributed by atoms with Crippen LogP contribution in [0.2, 0.25) is 5.02 Å². The normalized spacial score (nSPS) is 24.3. The number of anilines is 1. The number of nitrogens with one attached hydrogen (secondary N) is 1. The van der Waals surface area contributed by atoms with Crippen molar-refractivity contribution in [2.45, 2.75) is 45.6 Å². The molecule has 18 heavy (non-hydrogen) atoms. The monoisotopic (exact) mass is 329 g/mol. The lowest BCUT2D eigenvalue weighted by Gasteiger charge is -2.32. The van der Waals surface area contributed by atoms with Gasteiger partial charge in [-0.05, 0) is 58.8 Å². The Balaban J connectivity index is 1.98. The van der Waals surface area contributed by atoms with Crippen LogP contribution < -0.4 is 5.32 Å². The van der Waals surface area contributed by atoms with Crippen molar-refractivity contribution in [3.63, 3.8) is 0 Å². The lowest BCUT2D eigenvalue weighted by molar-refractivity contribution is 0.264. The van der Waals surface area contributed by atoms with Crippen LogP contribution in [0.4, 0.5) is 5.69 Å². The van der Waals surface area contributed by atoms with Gasteiger partial charge < -0.3 is 5.32 Å². The van der Waals surface area contributed by atoms with Gasteiger partial charge in [0.25, 0.3) is 0 Å². The predicted molar refractivity (Wildman–Crippen MR) is 83.4 cm³/mol. The smallest absolute Gasteiger partial charge is 0.0549 e. The van der Waals surface area contributed by atoms with E-state index in [-0.39, 0.29) is 0 Å². The van der Waals surface area contributed by atoms with Crippen LogP contribution in [0.3, 0.4) is 0 Å². The summed E-state index contributed by atoms with van der Waals surface area (Å²) in [5.41, 5.74) is 1.17. The molecule has 1 saturated carbocycles. The summed E-state index contributed by atoms with van der Waals surface area (Å²) in [6.07, 6.45) is 5.30. The fraction of sp³-hybridized carbons (Fsp3) is 0.600. The largest absolute Gasteiger partial charge is 0.382 e. The molecule has 0 saturated heterocycles. The highest BCUT2D eigenvalue weighted by molar-refractivity contribution is 9.10. The maximum Gasteiger partial charge on any atom is 0.0549 e. The van der Waals surface area contributed by atoms with Crippen LogP contribution in [-0.2, 0) is 0 Å². The van der Waals surface area contributed by atoms with Gasteiger partial charge in [-0.2, -0.15) is 0 Å². The van der Waals surface area contributed by atoms with Gasteiger partial charge in [0.15, 0.2) is 0 Å². The van der Waals surface area contributed by atoms with Crippen molar-refractivity contribution < 1.29 is 0 Å². The lowest BCUT2D eigenvalue weighted by Crippen LogP contribution is -2.29. The standard InChI is InChI=1S/C15H21BrClN/c1-10(2)11-4-3-5-12(8-11)18-13-6-7-15(17)14(16)9-13/h6-7,9-12,18H,3-5,8H2,1-2H3. The molecule has 1 aromatic rings. The Labute approximate surface area is 123 Å². The van der Waals surface area contributed by atoms with Crippen molar-refractivity contribution in [2.24, 2.45) is 11.8 Å². The second-order valence-corrected chi connectivity index (χ2v) is 6.90. The predicted octanol–water partition coefficient (Wildman–Crippen LogP) is 5.73. The topological polar surface area (TPSA) is 12.0 Å². The highest BCUT2D eigenvalue weighted by atomic mass is 79.9. The number of halogens is 2. The molecule has 0 heterocycles. The van der Waals surface area contributed by atoms with Crippen LogP contribution in [0, 0.1) is 11.8 Å². The molecule has 3 heteroatoms. The van der Waals surface area contributed by atoms with Crippen molar-refractivity contribution in [3.05, 3.63) is 27.7 Å². The van der Waals surface area contributed by atoms with E-state index >= 15 is 0 Å². The third-order valence-electron chi connectivity index (χ3n) is 3.95. The van der Waals surface area contributed by atoms with E-state index in [9.17, 15) is 0 Å². The van der Waals surface area contributed by atoms with Crippen molar-refractivity contribution in [1.82, 2.24) is 0 Å². The van der Waals surface area contributed by atoms with Crippen LogP contribution in [0.5, 0.6) is 0 Å². The highest BCUT2D eigenvalue weighted by Gasteiger charge is 2.23. The molecule has 1 aliphatic carbocycles. The first kappa shape index (κ1) is 14.2. The summed E-state index contributed by atoms with van der Waals surface area (Å²) in [6.45, 7) is 4.68. The molecule has 0 amide bonds. The summed E-state index contributed by atoms with van der Waals surface area (Å²) >= 11 is 9.49. The van der Waals surface area contributed by atoms with E-state index in [0.717, 1.165) is 21.3 Å². The molecule has 2 atom stereocenters. The zero-order valence-corrected chi connectivity index (χ0v) is 13.4. The molecule has 1 aromatic carbocycles. The summed E-state index contributed by atoms with van der Waals surface area (Å²) in [7, 11) is 0. The van der Waals surface area contributed by atoms with E-state index in [2.05, 4.69) is 47.2 Å². The first-order chi connectivity index (χ1) is 8.56. The maximum absolute atomic E-state index is 6.01. The summed E-state index contributed by atoms with van der Waals surface area (Å²) in [6, 6.07) is 6.68. The fourth-order valence-corrected chi connectivity index (χ4v) is 3.28. The van der Waals surface area contributed by atoms with Crippen molar-refractivity contribution in [1.29, 1.82) is 0 Å². The Kier molecular flexibility index (Phi) is 4.97. The lowest BCUT2D eigenvalue weighted by atomic mass is 9.79. The summed E-state index contributed by atoms with van der Waals surface area (Å²) in [5, 5.41) is 4.41. The molecule has 1 nitrogen and oxygen atoms in total. The minimum atomic E-state index is 0.610. The number of hydrogen-bond donors (Lipinski definition) is 1. The van der Waals surface area contributed by atoms with E-state index in [0.29, 0.717) is 6.04 Å². The van der Waals surface area contributed by atoms with Gasteiger partial charge in [-0.25, -0.2) is 0 Å².